The van der Waals surface area contributed by atoms with Crippen molar-refractivity contribution >= 4 is 23.5 Å². The summed E-state index contributed by atoms with van der Waals surface area (Å²) in [6, 6.07) is 2.89. The zero-order chi connectivity index (χ0) is 18.9. The van der Waals surface area contributed by atoms with Crippen LogP contribution in [-0.2, 0) is 9.59 Å². The Hall–Kier alpha value is -2.58. The van der Waals surface area contributed by atoms with Crippen LogP contribution in [0.5, 0.6) is 0 Å². The SMILES string of the molecule is Cc1cc(C)c(C(=O)O)cc1NC(=O)C1CC(=O)N(CC(F)(F)F)C1. The second-order valence-corrected chi connectivity index (χ2v) is 6.07. The number of carbonyl (C=O) groups is 3. The molecule has 0 aliphatic carbocycles. The van der Waals surface area contributed by atoms with Gasteiger partial charge in [0.15, 0.2) is 0 Å². The summed E-state index contributed by atoms with van der Waals surface area (Å²) in [5, 5.41) is 11.6. The lowest BCUT2D eigenvalue weighted by atomic mass is 10.0. The van der Waals surface area contributed by atoms with Crippen molar-refractivity contribution < 1.29 is 32.7 Å². The minimum atomic E-state index is -4.52. The molecule has 0 saturated carbocycles. The van der Waals surface area contributed by atoms with E-state index >= 15 is 0 Å². The number of rotatable bonds is 4. The van der Waals surface area contributed by atoms with Gasteiger partial charge in [-0.15, -0.1) is 0 Å². The Morgan fingerprint density at radius 3 is 2.48 bits per heavy atom. The van der Waals surface area contributed by atoms with Gasteiger partial charge in [-0.05, 0) is 31.0 Å². The van der Waals surface area contributed by atoms with Crippen molar-refractivity contribution in [2.75, 3.05) is 18.4 Å². The number of aromatic carboxylic acids is 1. The summed E-state index contributed by atoms with van der Waals surface area (Å²) in [5.41, 5.74) is 1.42. The summed E-state index contributed by atoms with van der Waals surface area (Å²) < 4.78 is 37.2. The smallest absolute Gasteiger partial charge is 0.406 e. The Morgan fingerprint density at radius 2 is 1.92 bits per heavy atom. The number of amides is 2. The van der Waals surface area contributed by atoms with E-state index in [1.165, 1.54) is 6.07 Å². The molecule has 2 rings (SSSR count). The largest absolute Gasteiger partial charge is 0.478 e. The van der Waals surface area contributed by atoms with Crippen molar-refractivity contribution in [3.8, 4) is 0 Å². The second kappa shape index (κ2) is 6.73. The second-order valence-electron chi connectivity index (χ2n) is 6.07. The molecule has 0 spiro atoms. The van der Waals surface area contributed by atoms with Gasteiger partial charge in [-0.1, -0.05) is 6.07 Å². The summed E-state index contributed by atoms with van der Waals surface area (Å²) >= 11 is 0. The number of hydrogen-bond acceptors (Lipinski definition) is 3. The third-order valence-corrected chi connectivity index (χ3v) is 4.02. The van der Waals surface area contributed by atoms with E-state index in [-0.39, 0.29) is 24.2 Å². The maximum absolute atomic E-state index is 12.4. The van der Waals surface area contributed by atoms with Crippen molar-refractivity contribution in [3.63, 3.8) is 0 Å². The van der Waals surface area contributed by atoms with Gasteiger partial charge in [0.25, 0.3) is 0 Å². The lowest BCUT2D eigenvalue weighted by Gasteiger charge is -2.18. The zero-order valence-corrected chi connectivity index (χ0v) is 13.6. The van der Waals surface area contributed by atoms with E-state index in [4.69, 9.17) is 5.11 Å². The lowest BCUT2D eigenvalue weighted by Crippen LogP contribution is -2.36. The monoisotopic (exact) mass is 358 g/mol. The molecule has 0 aromatic heterocycles. The average molecular weight is 358 g/mol. The Kier molecular flexibility index (Phi) is 5.05. The van der Waals surface area contributed by atoms with Crippen LogP contribution in [0.1, 0.15) is 27.9 Å². The van der Waals surface area contributed by atoms with Gasteiger partial charge in [0, 0.05) is 18.7 Å². The summed E-state index contributed by atoms with van der Waals surface area (Å²) in [4.78, 5) is 35.7. The summed E-state index contributed by atoms with van der Waals surface area (Å²) in [7, 11) is 0. The van der Waals surface area contributed by atoms with Crippen molar-refractivity contribution in [3.05, 3.63) is 28.8 Å². The first-order valence-corrected chi connectivity index (χ1v) is 7.48. The first-order chi connectivity index (χ1) is 11.5. The Morgan fingerprint density at radius 1 is 1.28 bits per heavy atom. The van der Waals surface area contributed by atoms with Crippen LogP contribution in [0.3, 0.4) is 0 Å². The molecular formula is C16H17F3N2O4. The minimum absolute atomic E-state index is 0.0158. The van der Waals surface area contributed by atoms with Gasteiger partial charge in [0.05, 0.1) is 11.5 Å². The van der Waals surface area contributed by atoms with Crippen molar-refractivity contribution in [1.29, 1.82) is 0 Å². The molecule has 0 bridgehead atoms. The number of hydrogen-bond donors (Lipinski definition) is 2. The number of halogens is 3. The molecule has 0 radical (unpaired) electrons. The standard InChI is InChI=1S/C16H17F3N2O4/c1-8-3-9(2)12(5-11(8)15(24)25)20-14(23)10-4-13(22)21(6-10)7-16(17,18)19/h3,5,10H,4,6-7H2,1-2H3,(H,20,23)(H,24,25). The van der Waals surface area contributed by atoms with E-state index < -0.39 is 36.4 Å². The fourth-order valence-corrected chi connectivity index (χ4v) is 2.77. The molecule has 9 heteroatoms. The number of aryl methyl sites for hydroxylation is 2. The predicted molar refractivity (Wildman–Crippen MR) is 82.2 cm³/mol. The summed E-state index contributed by atoms with van der Waals surface area (Å²) in [6.07, 6.45) is -4.83. The van der Waals surface area contributed by atoms with Crippen LogP contribution < -0.4 is 5.32 Å². The zero-order valence-electron chi connectivity index (χ0n) is 13.6. The van der Waals surface area contributed by atoms with Gasteiger partial charge in [0.2, 0.25) is 11.8 Å². The molecule has 1 aliphatic heterocycles. The van der Waals surface area contributed by atoms with E-state index in [9.17, 15) is 27.6 Å². The number of carbonyl (C=O) groups excluding carboxylic acids is 2. The van der Waals surface area contributed by atoms with Crippen LogP contribution in [-0.4, -0.2) is 47.1 Å². The Bertz CT molecular complexity index is 731. The molecule has 2 N–H and O–H groups in total. The van der Waals surface area contributed by atoms with Crippen LogP contribution in [0.4, 0.5) is 18.9 Å². The van der Waals surface area contributed by atoms with Crippen LogP contribution in [0.25, 0.3) is 0 Å². The van der Waals surface area contributed by atoms with E-state index in [0.29, 0.717) is 16.0 Å². The summed E-state index contributed by atoms with van der Waals surface area (Å²) in [5.74, 6) is -3.41. The number of anilines is 1. The van der Waals surface area contributed by atoms with Gasteiger partial charge in [-0.2, -0.15) is 13.2 Å². The van der Waals surface area contributed by atoms with Crippen LogP contribution in [0, 0.1) is 19.8 Å². The van der Waals surface area contributed by atoms with E-state index in [0.717, 1.165) is 0 Å². The van der Waals surface area contributed by atoms with Crippen LogP contribution in [0.15, 0.2) is 12.1 Å². The quantitative estimate of drug-likeness (QED) is 0.865. The molecule has 6 nitrogen and oxygen atoms in total. The van der Waals surface area contributed by atoms with Gasteiger partial charge in [-0.25, -0.2) is 4.79 Å². The highest BCUT2D eigenvalue weighted by molar-refractivity contribution is 5.99. The normalized spacial score (nSPS) is 17.7. The fourth-order valence-electron chi connectivity index (χ4n) is 2.77. The molecule has 136 valence electrons. The molecule has 1 aliphatic rings. The van der Waals surface area contributed by atoms with E-state index in [2.05, 4.69) is 5.32 Å². The topological polar surface area (TPSA) is 86.7 Å². The van der Waals surface area contributed by atoms with Crippen molar-refractivity contribution in [1.82, 2.24) is 4.90 Å². The molecule has 1 saturated heterocycles. The van der Waals surface area contributed by atoms with Gasteiger partial charge >= 0.3 is 12.1 Å². The molecule has 1 atom stereocenters. The van der Waals surface area contributed by atoms with Gasteiger partial charge in [-0.3, -0.25) is 9.59 Å². The van der Waals surface area contributed by atoms with Crippen LogP contribution in [0.2, 0.25) is 0 Å². The first kappa shape index (κ1) is 18.8. The number of likely N-dealkylation sites (tertiary alicyclic amines) is 1. The lowest BCUT2D eigenvalue weighted by molar-refractivity contribution is -0.157. The molecule has 1 fully saturated rings. The Labute approximate surface area is 141 Å². The van der Waals surface area contributed by atoms with Gasteiger partial charge < -0.3 is 15.3 Å². The maximum Gasteiger partial charge on any atom is 0.406 e. The number of carboxylic acid groups (broad SMARTS) is 1. The molecule has 1 aromatic rings. The molecule has 2 amide bonds. The molecule has 1 heterocycles. The number of carboxylic acids is 1. The van der Waals surface area contributed by atoms with E-state index in [1.54, 1.807) is 19.9 Å². The maximum atomic E-state index is 12.4. The average Bonchev–Trinajstić information content (AvgIpc) is 2.80. The Balaban J connectivity index is 2.12. The highest BCUT2D eigenvalue weighted by atomic mass is 19.4. The number of nitrogens with one attached hydrogen (secondary N) is 1. The third kappa shape index (κ3) is 4.49. The predicted octanol–water partition coefficient (Wildman–Crippen LogP) is 2.35. The molecule has 25 heavy (non-hydrogen) atoms. The van der Waals surface area contributed by atoms with E-state index in [1.807, 2.05) is 0 Å². The van der Waals surface area contributed by atoms with Crippen molar-refractivity contribution in [2.24, 2.45) is 5.92 Å². The fraction of sp³-hybridized carbons (Fsp3) is 0.438. The number of nitrogens with zero attached hydrogens (tertiary/aromatic N) is 1. The number of alkyl halides is 3. The highest BCUT2D eigenvalue weighted by Crippen LogP contribution is 2.26. The third-order valence-electron chi connectivity index (χ3n) is 4.02. The minimum Gasteiger partial charge on any atom is -0.478 e. The molecular weight excluding hydrogens is 341 g/mol. The highest BCUT2D eigenvalue weighted by Gasteiger charge is 2.40. The van der Waals surface area contributed by atoms with Crippen molar-refractivity contribution in [2.45, 2.75) is 26.4 Å². The first-order valence-electron chi connectivity index (χ1n) is 7.48. The molecule has 1 unspecified atom stereocenters. The number of benzene rings is 1. The van der Waals surface area contributed by atoms with Gasteiger partial charge in [0.1, 0.15) is 6.54 Å². The summed E-state index contributed by atoms with van der Waals surface area (Å²) in [6.45, 7) is 1.58. The van der Waals surface area contributed by atoms with Crippen LogP contribution >= 0.6 is 0 Å². The molecule has 1 aromatic carbocycles.